The van der Waals surface area contributed by atoms with E-state index in [0.29, 0.717) is 6.54 Å². The maximum Gasteiger partial charge on any atom is 0.191 e. The molecule has 2 fully saturated rings. The second-order valence-corrected chi connectivity index (χ2v) is 7.84. The van der Waals surface area contributed by atoms with Gasteiger partial charge in [0.2, 0.25) is 0 Å². The molecule has 27 heavy (non-hydrogen) atoms. The number of benzene rings is 1. The van der Waals surface area contributed by atoms with Crippen LogP contribution < -0.4 is 10.6 Å². The van der Waals surface area contributed by atoms with Crippen LogP contribution >= 0.6 is 0 Å². The van der Waals surface area contributed by atoms with E-state index >= 15 is 0 Å². The fourth-order valence-electron chi connectivity index (χ4n) is 3.73. The van der Waals surface area contributed by atoms with Gasteiger partial charge in [-0.3, -0.25) is 4.99 Å². The Hall–Kier alpha value is -1.66. The summed E-state index contributed by atoms with van der Waals surface area (Å²) in [4.78, 5) is 7.19. The van der Waals surface area contributed by atoms with Crippen LogP contribution in [0.4, 0.5) is 4.39 Å². The molecule has 0 bridgehead atoms. The summed E-state index contributed by atoms with van der Waals surface area (Å²) in [7, 11) is 0. The van der Waals surface area contributed by atoms with Crippen LogP contribution in [-0.2, 0) is 5.41 Å². The number of nitrogens with zero attached hydrogens (tertiary/aromatic N) is 2. The summed E-state index contributed by atoms with van der Waals surface area (Å²) >= 11 is 0. The summed E-state index contributed by atoms with van der Waals surface area (Å²) in [6, 6.07) is 6.95. The minimum atomic E-state index is -0.169. The summed E-state index contributed by atoms with van der Waals surface area (Å²) < 4.78 is 13.5. The van der Waals surface area contributed by atoms with Crippen molar-refractivity contribution >= 4 is 5.96 Å². The molecule has 1 saturated heterocycles. The van der Waals surface area contributed by atoms with Gasteiger partial charge in [0.05, 0.1) is 12.6 Å². The number of halogens is 1. The van der Waals surface area contributed by atoms with E-state index in [4.69, 9.17) is 4.99 Å². The number of piperidine rings is 1. The molecular formula is C21H33FN4O. The molecule has 0 radical (unpaired) electrons. The highest BCUT2D eigenvalue weighted by Gasteiger charge is 2.44. The summed E-state index contributed by atoms with van der Waals surface area (Å²) in [6.45, 7) is 7.48. The van der Waals surface area contributed by atoms with Crippen molar-refractivity contribution in [2.75, 3.05) is 39.3 Å². The van der Waals surface area contributed by atoms with Gasteiger partial charge in [-0.05, 0) is 63.3 Å². The third-order valence-electron chi connectivity index (χ3n) is 5.68. The topological polar surface area (TPSA) is 59.9 Å². The lowest BCUT2D eigenvalue weighted by Gasteiger charge is -2.29. The van der Waals surface area contributed by atoms with Crippen LogP contribution in [0.1, 0.15) is 44.6 Å². The van der Waals surface area contributed by atoms with Gasteiger partial charge < -0.3 is 20.6 Å². The lowest BCUT2D eigenvalue weighted by atomic mass is 9.96. The fourth-order valence-corrected chi connectivity index (χ4v) is 3.73. The number of guanidine groups is 1. The highest BCUT2D eigenvalue weighted by atomic mass is 19.1. The van der Waals surface area contributed by atoms with Crippen LogP contribution in [0, 0.1) is 5.82 Å². The van der Waals surface area contributed by atoms with Gasteiger partial charge in [0, 0.05) is 31.6 Å². The molecule has 0 unspecified atom stereocenters. The standard InChI is InChI=1S/C21H33FN4O/c1-2-23-20(24-11-4-12-26-13-7-19(27)8-14-26)25-16-21(9-10-21)17-5-3-6-18(22)15-17/h3,5-6,15,19,27H,2,4,7-14,16H2,1H3,(H2,23,24,25). The zero-order valence-electron chi connectivity index (χ0n) is 16.4. The molecule has 0 aromatic heterocycles. The van der Waals surface area contributed by atoms with Crippen LogP contribution in [0.2, 0.25) is 0 Å². The zero-order valence-corrected chi connectivity index (χ0v) is 16.4. The zero-order chi connectivity index (χ0) is 19.1. The van der Waals surface area contributed by atoms with E-state index in [2.05, 4.69) is 22.5 Å². The van der Waals surface area contributed by atoms with Gasteiger partial charge in [-0.1, -0.05) is 12.1 Å². The number of hydrogen-bond acceptors (Lipinski definition) is 3. The van der Waals surface area contributed by atoms with Gasteiger partial charge in [-0.15, -0.1) is 0 Å². The van der Waals surface area contributed by atoms with E-state index in [9.17, 15) is 9.50 Å². The number of rotatable bonds is 8. The van der Waals surface area contributed by atoms with Crippen LogP contribution in [-0.4, -0.2) is 61.3 Å². The van der Waals surface area contributed by atoms with Gasteiger partial charge in [0.25, 0.3) is 0 Å². The maximum absolute atomic E-state index is 13.5. The van der Waals surface area contributed by atoms with Crippen molar-refractivity contribution in [2.24, 2.45) is 4.99 Å². The Balaban J connectivity index is 1.45. The average molecular weight is 377 g/mol. The molecule has 0 amide bonds. The van der Waals surface area contributed by atoms with E-state index in [1.54, 1.807) is 12.1 Å². The summed E-state index contributed by atoms with van der Waals surface area (Å²) in [5, 5.41) is 16.3. The second-order valence-electron chi connectivity index (χ2n) is 7.84. The highest BCUT2D eigenvalue weighted by Crippen LogP contribution is 2.48. The van der Waals surface area contributed by atoms with Gasteiger partial charge in [-0.2, -0.15) is 0 Å². The van der Waals surface area contributed by atoms with Crippen LogP contribution in [0.15, 0.2) is 29.3 Å². The summed E-state index contributed by atoms with van der Waals surface area (Å²) in [6.07, 6.45) is 4.86. The number of hydrogen-bond donors (Lipinski definition) is 3. The highest BCUT2D eigenvalue weighted by molar-refractivity contribution is 5.79. The number of aliphatic hydroxyl groups is 1. The molecule has 1 aromatic rings. The monoisotopic (exact) mass is 376 g/mol. The SMILES string of the molecule is CCNC(=NCC1(c2cccc(F)c2)CC1)NCCCN1CCC(O)CC1. The molecule has 0 atom stereocenters. The molecule has 5 nitrogen and oxygen atoms in total. The van der Waals surface area contributed by atoms with Gasteiger partial charge in [-0.25, -0.2) is 4.39 Å². The van der Waals surface area contributed by atoms with Gasteiger partial charge >= 0.3 is 0 Å². The normalized spacial score (nSPS) is 20.5. The molecule has 3 rings (SSSR count). The molecule has 150 valence electrons. The molecule has 6 heteroatoms. The Labute approximate surface area is 162 Å². The van der Waals surface area contributed by atoms with Crippen molar-refractivity contribution in [3.05, 3.63) is 35.6 Å². The van der Waals surface area contributed by atoms with Crippen LogP contribution in [0.5, 0.6) is 0 Å². The first-order valence-corrected chi connectivity index (χ1v) is 10.3. The predicted molar refractivity (Wildman–Crippen MR) is 108 cm³/mol. The summed E-state index contributed by atoms with van der Waals surface area (Å²) in [5.41, 5.74) is 1.08. The lowest BCUT2D eigenvalue weighted by molar-refractivity contribution is 0.0823. The third-order valence-corrected chi connectivity index (χ3v) is 5.68. The average Bonchev–Trinajstić information content (AvgIpc) is 3.46. The molecule has 1 aliphatic carbocycles. The first-order valence-electron chi connectivity index (χ1n) is 10.3. The largest absolute Gasteiger partial charge is 0.393 e. The van der Waals surface area contributed by atoms with E-state index < -0.39 is 0 Å². The Kier molecular flexibility index (Phi) is 7.07. The Morgan fingerprint density at radius 3 is 2.74 bits per heavy atom. The first kappa shape index (κ1) is 20.1. The molecular weight excluding hydrogens is 343 g/mol. The minimum Gasteiger partial charge on any atom is -0.393 e. The molecule has 0 spiro atoms. The van der Waals surface area contributed by atoms with E-state index in [-0.39, 0.29) is 17.3 Å². The van der Waals surface area contributed by atoms with Crippen molar-refractivity contribution in [3.63, 3.8) is 0 Å². The molecule has 1 heterocycles. The maximum atomic E-state index is 13.5. The molecule has 1 aromatic carbocycles. The fraction of sp³-hybridized carbons (Fsp3) is 0.667. The minimum absolute atomic E-state index is 0.0130. The summed E-state index contributed by atoms with van der Waals surface area (Å²) in [5.74, 6) is 0.673. The number of aliphatic imine (C=N–C) groups is 1. The quantitative estimate of drug-likeness (QED) is 0.370. The molecule has 1 aliphatic heterocycles. The van der Waals surface area contributed by atoms with Crippen molar-refractivity contribution in [1.29, 1.82) is 0 Å². The van der Waals surface area contributed by atoms with Gasteiger partial charge in [0.15, 0.2) is 5.96 Å². The number of nitrogens with one attached hydrogen (secondary N) is 2. The van der Waals surface area contributed by atoms with E-state index in [0.717, 1.165) is 76.4 Å². The second kappa shape index (κ2) is 9.51. The van der Waals surface area contributed by atoms with Crippen molar-refractivity contribution in [2.45, 2.75) is 50.5 Å². The van der Waals surface area contributed by atoms with Crippen molar-refractivity contribution in [1.82, 2.24) is 15.5 Å². The Bertz CT molecular complexity index is 624. The Morgan fingerprint density at radius 2 is 2.07 bits per heavy atom. The van der Waals surface area contributed by atoms with Crippen LogP contribution in [0.25, 0.3) is 0 Å². The molecule has 3 N–H and O–H groups in total. The predicted octanol–water partition coefficient (Wildman–Crippen LogP) is 2.26. The number of aliphatic hydroxyl groups excluding tert-OH is 1. The van der Waals surface area contributed by atoms with Crippen LogP contribution in [0.3, 0.4) is 0 Å². The van der Waals surface area contributed by atoms with Gasteiger partial charge in [0.1, 0.15) is 5.82 Å². The molecule has 2 aliphatic rings. The lowest BCUT2D eigenvalue weighted by Crippen LogP contribution is -2.40. The van der Waals surface area contributed by atoms with E-state index in [1.807, 2.05) is 6.07 Å². The number of likely N-dealkylation sites (tertiary alicyclic amines) is 1. The molecule has 1 saturated carbocycles. The first-order chi connectivity index (χ1) is 13.1. The van der Waals surface area contributed by atoms with E-state index in [1.165, 1.54) is 6.07 Å². The smallest absolute Gasteiger partial charge is 0.191 e. The van der Waals surface area contributed by atoms with Crippen molar-refractivity contribution < 1.29 is 9.50 Å². The Morgan fingerprint density at radius 1 is 1.30 bits per heavy atom. The van der Waals surface area contributed by atoms with Crippen molar-refractivity contribution in [3.8, 4) is 0 Å². The third kappa shape index (κ3) is 5.91.